The van der Waals surface area contributed by atoms with Crippen LogP contribution in [0.1, 0.15) is 25.1 Å². The molecule has 1 aliphatic heterocycles. The normalized spacial score (nSPS) is 23.5. The molecule has 0 saturated carbocycles. The molecule has 1 fully saturated rings. The number of ether oxygens (including phenoxy) is 1. The van der Waals surface area contributed by atoms with E-state index >= 15 is 0 Å². The fourth-order valence-corrected chi connectivity index (χ4v) is 3.75. The van der Waals surface area contributed by atoms with Crippen LogP contribution in [0.3, 0.4) is 0 Å². The van der Waals surface area contributed by atoms with Crippen LogP contribution in [0.15, 0.2) is 17.5 Å². The van der Waals surface area contributed by atoms with E-state index < -0.39 is 0 Å². The fourth-order valence-electron chi connectivity index (χ4n) is 3.04. The lowest BCUT2D eigenvalue weighted by molar-refractivity contribution is -0.135. The molecule has 1 aromatic rings. The summed E-state index contributed by atoms with van der Waals surface area (Å²) in [5, 5.41) is 2.07. The summed E-state index contributed by atoms with van der Waals surface area (Å²) in [6.45, 7) is 7.75. The van der Waals surface area contributed by atoms with Crippen LogP contribution in [-0.2, 0) is 16.0 Å². The van der Waals surface area contributed by atoms with E-state index in [-0.39, 0.29) is 5.91 Å². The molecule has 1 saturated heterocycles. The Bertz CT molecular complexity index is 423. The van der Waals surface area contributed by atoms with Gasteiger partial charge in [0.15, 0.2) is 0 Å². The van der Waals surface area contributed by atoms with Crippen LogP contribution >= 0.6 is 11.3 Å². The molecule has 1 aliphatic rings. The third-order valence-corrected chi connectivity index (χ3v) is 5.11. The number of piperazine rings is 1. The topological polar surface area (TPSA) is 32.8 Å². The van der Waals surface area contributed by atoms with E-state index in [0.29, 0.717) is 18.5 Å². The van der Waals surface area contributed by atoms with Crippen LogP contribution in [0, 0.1) is 0 Å². The second-order valence-corrected chi connectivity index (χ2v) is 6.84. The van der Waals surface area contributed by atoms with Gasteiger partial charge >= 0.3 is 0 Å². The Morgan fingerprint density at radius 3 is 2.67 bits per heavy atom. The Labute approximate surface area is 131 Å². The molecular weight excluding hydrogens is 284 g/mol. The van der Waals surface area contributed by atoms with E-state index in [2.05, 4.69) is 30.2 Å². The van der Waals surface area contributed by atoms with Gasteiger partial charge in [0.25, 0.3) is 0 Å². The van der Waals surface area contributed by atoms with Gasteiger partial charge in [0.2, 0.25) is 5.91 Å². The van der Waals surface area contributed by atoms with Crippen LogP contribution in [0.5, 0.6) is 0 Å². The molecule has 0 aliphatic carbocycles. The van der Waals surface area contributed by atoms with E-state index in [4.69, 9.17) is 4.74 Å². The molecular formula is C16H26N2O2S. The van der Waals surface area contributed by atoms with Crippen LogP contribution in [0.2, 0.25) is 0 Å². The van der Waals surface area contributed by atoms with Gasteiger partial charge in [-0.3, -0.25) is 9.69 Å². The number of thiophene rings is 1. The third kappa shape index (κ3) is 4.53. The van der Waals surface area contributed by atoms with E-state index in [0.717, 1.165) is 32.7 Å². The van der Waals surface area contributed by atoms with Gasteiger partial charge in [-0.15, -0.1) is 11.3 Å². The number of carbonyl (C=O) groups excluding carboxylic acids is 1. The van der Waals surface area contributed by atoms with Crippen molar-refractivity contribution in [3.8, 4) is 0 Å². The van der Waals surface area contributed by atoms with Crippen molar-refractivity contribution in [1.29, 1.82) is 0 Å². The number of rotatable bonds is 6. The number of methoxy groups -OCH3 is 1. The number of nitrogens with zero attached hydrogens (tertiary/aromatic N) is 2. The van der Waals surface area contributed by atoms with Gasteiger partial charge in [-0.2, -0.15) is 0 Å². The monoisotopic (exact) mass is 310 g/mol. The van der Waals surface area contributed by atoms with Crippen molar-refractivity contribution in [3.63, 3.8) is 0 Å². The Kier molecular flexibility index (Phi) is 6.21. The second kappa shape index (κ2) is 7.92. The summed E-state index contributed by atoms with van der Waals surface area (Å²) in [5.74, 6) is 0.286. The Balaban J connectivity index is 1.83. The van der Waals surface area contributed by atoms with Gasteiger partial charge < -0.3 is 9.64 Å². The number of aryl methyl sites for hydroxylation is 1. The smallest absolute Gasteiger partial charge is 0.223 e. The lowest BCUT2D eigenvalue weighted by Crippen LogP contribution is -2.58. The molecule has 118 valence electrons. The highest BCUT2D eigenvalue weighted by Crippen LogP contribution is 2.18. The summed E-state index contributed by atoms with van der Waals surface area (Å²) in [6.07, 6.45) is 1.49. The fraction of sp³-hybridized carbons (Fsp3) is 0.688. The van der Waals surface area contributed by atoms with Crippen LogP contribution < -0.4 is 0 Å². The number of hydrogen-bond acceptors (Lipinski definition) is 4. The van der Waals surface area contributed by atoms with Crippen molar-refractivity contribution >= 4 is 17.2 Å². The predicted molar refractivity (Wildman–Crippen MR) is 86.7 cm³/mol. The summed E-state index contributed by atoms with van der Waals surface area (Å²) in [4.78, 5) is 18.2. The van der Waals surface area contributed by atoms with E-state index in [1.807, 2.05) is 11.0 Å². The van der Waals surface area contributed by atoms with Gasteiger partial charge in [-0.1, -0.05) is 6.07 Å². The highest BCUT2D eigenvalue weighted by molar-refractivity contribution is 7.09. The molecule has 0 bridgehead atoms. The highest BCUT2D eigenvalue weighted by Gasteiger charge is 2.31. The molecule has 0 N–H and O–H groups in total. The lowest BCUT2D eigenvalue weighted by Gasteiger charge is -2.44. The average molecular weight is 310 g/mol. The molecule has 4 nitrogen and oxygen atoms in total. The van der Waals surface area contributed by atoms with Gasteiger partial charge in [-0.25, -0.2) is 0 Å². The van der Waals surface area contributed by atoms with E-state index in [9.17, 15) is 4.79 Å². The molecule has 2 atom stereocenters. The molecule has 0 spiro atoms. The zero-order valence-electron chi connectivity index (χ0n) is 13.2. The summed E-state index contributed by atoms with van der Waals surface area (Å²) in [7, 11) is 1.74. The first-order valence-corrected chi connectivity index (χ1v) is 8.54. The molecule has 1 aromatic heterocycles. The van der Waals surface area contributed by atoms with Crippen molar-refractivity contribution in [3.05, 3.63) is 22.4 Å². The van der Waals surface area contributed by atoms with Crippen LogP contribution in [-0.4, -0.2) is 61.1 Å². The minimum atomic E-state index is 0.286. The highest BCUT2D eigenvalue weighted by atomic mass is 32.1. The van der Waals surface area contributed by atoms with Crippen molar-refractivity contribution in [1.82, 2.24) is 9.80 Å². The SMILES string of the molecule is COCCN1C(C)CN(C(=O)CCc2cccs2)CC1C. The Morgan fingerprint density at radius 1 is 1.38 bits per heavy atom. The standard InChI is InChI=1S/C16H26N2O2S/c1-13-11-17(12-14(2)18(13)8-9-20-3)16(19)7-6-15-5-4-10-21-15/h4-5,10,13-14H,6-9,11-12H2,1-3H3. The van der Waals surface area contributed by atoms with Crippen LogP contribution in [0.25, 0.3) is 0 Å². The van der Waals surface area contributed by atoms with E-state index in [1.165, 1.54) is 4.88 Å². The lowest BCUT2D eigenvalue weighted by atomic mass is 10.1. The minimum Gasteiger partial charge on any atom is -0.383 e. The maximum absolute atomic E-state index is 12.4. The molecule has 2 heterocycles. The number of carbonyl (C=O) groups is 1. The molecule has 0 radical (unpaired) electrons. The predicted octanol–water partition coefficient (Wildman–Crippen LogP) is 2.25. The summed E-state index contributed by atoms with van der Waals surface area (Å²) in [5.41, 5.74) is 0. The first-order valence-electron chi connectivity index (χ1n) is 7.66. The number of amides is 1. The minimum absolute atomic E-state index is 0.286. The quantitative estimate of drug-likeness (QED) is 0.808. The van der Waals surface area contributed by atoms with Gasteiger partial charge in [-0.05, 0) is 31.7 Å². The molecule has 1 amide bonds. The first kappa shape index (κ1) is 16.5. The maximum atomic E-state index is 12.4. The van der Waals surface area contributed by atoms with Crippen molar-refractivity contribution in [2.45, 2.75) is 38.8 Å². The molecule has 5 heteroatoms. The van der Waals surface area contributed by atoms with Crippen molar-refractivity contribution in [2.24, 2.45) is 0 Å². The van der Waals surface area contributed by atoms with E-state index in [1.54, 1.807) is 18.4 Å². The van der Waals surface area contributed by atoms with Gasteiger partial charge in [0, 0.05) is 50.1 Å². The second-order valence-electron chi connectivity index (χ2n) is 5.81. The summed E-state index contributed by atoms with van der Waals surface area (Å²) in [6, 6.07) is 4.94. The molecule has 21 heavy (non-hydrogen) atoms. The zero-order valence-corrected chi connectivity index (χ0v) is 14.1. The molecule has 0 aromatic carbocycles. The maximum Gasteiger partial charge on any atom is 0.223 e. The summed E-state index contributed by atoms with van der Waals surface area (Å²) >= 11 is 1.73. The van der Waals surface area contributed by atoms with Gasteiger partial charge in [0.05, 0.1) is 6.61 Å². The van der Waals surface area contributed by atoms with Gasteiger partial charge in [0.1, 0.15) is 0 Å². The van der Waals surface area contributed by atoms with Crippen molar-refractivity contribution < 1.29 is 9.53 Å². The first-order chi connectivity index (χ1) is 10.1. The van der Waals surface area contributed by atoms with Crippen molar-refractivity contribution in [2.75, 3.05) is 33.4 Å². The Morgan fingerprint density at radius 2 is 2.10 bits per heavy atom. The van der Waals surface area contributed by atoms with Crippen LogP contribution in [0.4, 0.5) is 0 Å². The third-order valence-electron chi connectivity index (χ3n) is 4.17. The Hall–Kier alpha value is -0.910. The average Bonchev–Trinajstić information content (AvgIpc) is 2.97. The zero-order chi connectivity index (χ0) is 15.2. The number of hydrogen-bond donors (Lipinski definition) is 0. The molecule has 2 rings (SSSR count). The summed E-state index contributed by atoms with van der Waals surface area (Å²) < 4.78 is 5.17. The molecule has 2 unspecified atom stereocenters. The largest absolute Gasteiger partial charge is 0.383 e.